The van der Waals surface area contributed by atoms with Gasteiger partial charge in [0.05, 0.1) is 6.61 Å². The molecule has 0 spiro atoms. The van der Waals surface area contributed by atoms with Gasteiger partial charge in [0.25, 0.3) is 5.91 Å². The Balaban J connectivity index is 1.96. The molecule has 2 heterocycles. The van der Waals surface area contributed by atoms with Gasteiger partial charge in [0, 0.05) is 46.1 Å². The van der Waals surface area contributed by atoms with Crippen LogP contribution in [0.5, 0.6) is 0 Å². The molecule has 2 aliphatic heterocycles. The van der Waals surface area contributed by atoms with Crippen LogP contribution in [0.1, 0.15) is 19.3 Å². The van der Waals surface area contributed by atoms with Crippen LogP contribution in [-0.4, -0.2) is 83.8 Å². The molecule has 7 heteroatoms. The van der Waals surface area contributed by atoms with Gasteiger partial charge in [-0.1, -0.05) is 0 Å². The molecular formula is C13H22N4O3. The van der Waals surface area contributed by atoms with E-state index >= 15 is 0 Å². The minimum atomic E-state index is -0.0600. The van der Waals surface area contributed by atoms with E-state index in [1.165, 1.54) is 5.01 Å². The van der Waals surface area contributed by atoms with Crippen molar-refractivity contribution in [3.63, 3.8) is 0 Å². The summed E-state index contributed by atoms with van der Waals surface area (Å²) in [6.45, 7) is 3.82. The van der Waals surface area contributed by atoms with Crippen LogP contribution >= 0.6 is 0 Å². The van der Waals surface area contributed by atoms with E-state index < -0.39 is 0 Å². The lowest BCUT2D eigenvalue weighted by molar-refractivity contribution is -0.130. The Hall–Kier alpha value is -1.47. The van der Waals surface area contributed by atoms with Gasteiger partial charge in [-0.15, -0.1) is 0 Å². The first-order chi connectivity index (χ1) is 9.61. The molecule has 0 aromatic heterocycles. The van der Waals surface area contributed by atoms with E-state index in [4.69, 9.17) is 5.11 Å². The van der Waals surface area contributed by atoms with Crippen molar-refractivity contribution >= 4 is 17.5 Å². The Morgan fingerprint density at radius 2 is 2.05 bits per heavy atom. The fourth-order valence-corrected chi connectivity index (χ4v) is 2.55. The van der Waals surface area contributed by atoms with Crippen molar-refractivity contribution in [1.29, 1.82) is 0 Å². The molecular weight excluding hydrogens is 260 g/mol. The summed E-state index contributed by atoms with van der Waals surface area (Å²) in [5.74, 6) is -0.110. The summed E-state index contributed by atoms with van der Waals surface area (Å²) in [4.78, 5) is 27.7. The van der Waals surface area contributed by atoms with Crippen LogP contribution in [0.25, 0.3) is 0 Å². The smallest absolute Gasteiger partial charge is 0.270 e. The molecule has 0 atom stereocenters. The van der Waals surface area contributed by atoms with Crippen LogP contribution in [0.3, 0.4) is 0 Å². The summed E-state index contributed by atoms with van der Waals surface area (Å²) in [6, 6.07) is 0. The molecule has 2 amide bonds. The largest absolute Gasteiger partial charge is 0.395 e. The third-order valence-electron chi connectivity index (χ3n) is 3.75. The topological polar surface area (TPSA) is 76.5 Å². The maximum Gasteiger partial charge on any atom is 0.270 e. The van der Waals surface area contributed by atoms with Crippen LogP contribution in [0.4, 0.5) is 0 Å². The van der Waals surface area contributed by atoms with E-state index in [0.717, 1.165) is 19.5 Å². The van der Waals surface area contributed by atoms with Crippen molar-refractivity contribution < 1.29 is 14.7 Å². The third-order valence-corrected chi connectivity index (χ3v) is 3.75. The van der Waals surface area contributed by atoms with Crippen molar-refractivity contribution in [2.45, 2.75) is 19.3 Å². The Morgan fingerprint density at radius 1 is 1.25 bits per heavy atom. The fraction of sp³-hybridized carbons (Fsp3) is 0.769. The van der Waals surface area contributed by atoms with Gasteiger partial charge in [0.1, 0.15) is 5.71 Å². The average molecular weight is 282 g/mol. The molecule has 1 N–H and O–H groups in total. The standard InChI is InChI=1S/C13H22N4O3/c1-15-12(19)4-3-11(14-15)13(20)17-6-2-5-16(7-8-17)9-10-18/h18H,2-10H2,1H3. The monoisotopic (exact) mass is 282 g/mol. The summed E-state index contributed by atoms with van der Waals surface area (Å²) < 4.78 is 0. The molecule has 1 fully saturated rings. The van der Waals surface area contributed by atoms with Crippen molar-refractivity contribution in [3.8, 4) is 0 Å². The first-order valence-corrected chi connectivity index (χ1v) is 7.08. The van der Waals surface area contributed by atoms with Gasteiger partial charge in [-0.2, -0.15) is 5.10 Å². The number of hydrogen-bond donors (Lipinski definition) is 1. The fourth-order valence-electron chi connectivity index (χ4n) is 2.55. The predicted molar refractivity (Wildman–Crippen MR) is 74.2 cm³/mol. The van der Waals surface area contributed by atoms with E-state index in [9.17, 15) is 9.59 Å². The van der Waals surface area contributed by atoms with E-state index in [1.54, 1.807) is 11.9 Å². The zero-order chi connectivity index (χ0) is 14.5. The number of rotatable bonds is 3. The molecule has 7 nitrogen and oxygen atoms in total. The summed E-state index contributed by atoms with van der Waals surface area (Å²) >= 11 is 0. The first-order valence-electron chi connectivity index (χ1n) is 7.08. The molecule has 0 unspecified atom stereocenters. The normalized spacial score (nSPS) is 21.7. The third kappa shape index (κ3) is 3.55. The first kappa shape index (κ1) is 14.9. The van der Waals surface area contributed by atoms with Crippen LogP contribution in [0, 0.1) is 0 Å². The lowest BCUT2D eigenvalue weighted by Crippen LogP contribution is -2.42. The van der Waals surface area contributed by atoms with Crippen LogP contribution in [-0.2, 0) is 9.59 Å². The van der Waals surface area contributed by atoms with Gasteiger partial charge < -0.3 is 10.0 Å². The van der Waals surface area contributed by atoms with Crippen molar-refractivity contribution in [2.75, 3.05) is 46.4 Å². The Kier molecular flexibility index (Phi) is 5.08. The van der Waals surface area contributed by atoms with Crippen LogP contribution in [0.2, 0.25) is 0 Å². The highest BCUT2D eigenvalue weighted by Crippen LogP contribution is 2.11. The maximum absolute atomic E-state index is 12.4. The molecule has 20 heavy (non-hydrogen) atoms. The lowest BCUT2D eigenvalue weighted by Gasteiger charge is -2.25. The van der Waals surface area contributed by atoms with E-state index in [1.807, 2.05) is 0 Å². The lowest BCUT2D eigenvalue weighted by atomic mass is 10.1. The maximum atomic E-state index is 12.4. The van der Waals surface area contributed by atoms with Gasteiger partial charge >= 0.3 is 0 Å². The molecule has 0 aromatic rings. The highest BCUT2D eigenvalue weighted by Gasteiger charge is 2.27. The number of carbonyl (C=O) groups is 2. The number of aliphatic hydroxyl groups is 1. The summed E-state index contributed by atoms with van der Waals surface area (Å²) in [7, 11) is 1.58. The van der Waals surface area contributed by atoms with Gasteiger partial charge in [-0.05, 0) is 13.0 Å². The molecule has 2 aliphatic rings. The van der Waals surface area contributed by atoms with Gasteiger partial charge in [-0.3, -0.25) is 14.5 Å². The minimum absolute atomic E-state index is 0.0495. The van der Waals surface area contributed by atoms with Crippen molar-refractivity contribution in [2.24, 2.45) is 5.10 Å². The second-order valence-corrected chi connectivity index (χ2v) is 5.18. The number of β-amino-alcohol motifs (C(OH)–C–C–N with tert-alkyl or cyclic N) is 1. The predicted octanol–water partition coefficient (Wildman–Crippen LogP) is -0.879. The van der Waals surface area contributed by atoms with E-state index in [2.05, 4.69) is 10.0 Å². The minimum Gasteiger partial charge on any atom is -0.395 e. The molecule has 0 radical (unpaired) electrons. The van der Waals surface area contributed by atoms with Crippen LogP contribution in [0.15, 0.2) is 5.10 Å². The Labute approximate surface area is 118 Å². The highest BCUT2D eigenvalue weighted by molar-refractivity contribution is 6.39. The molecule has 0 bridgehead atoms. The molecule has 0 aliphatic carbocycles. The number of aliphatic hydroxyl groups excluding tert-OH is 1. The van der Waals surface area contributed by atoms with Gasteiger partial charge in [-0.25, -0.2) is 5.01 Å². The number of hydrogen-bond acceptors (Lipinski definition) is 5. The summed E-state index contributed by atoms with van der Waals surface area (Å²) in [5.41, 5.74) is 0.475. The Morgan fingerprint density at radius 3 is 2.75 bits per heavy atom. The van der Waals surface area contributed by atoms with Crippen molar-refractivity contribution in [3.05, 3.63) is 0 Å². The second kappa shape index (κ2) is 6.81. The Bertz CT molecular complexity index is 410. The number of carbonyl (C=O) groups excluding carboxylic acids is 2. The van der Waals surface area contributed by atoms with Gasteiger partial charge in [0.15, 0.2) is 0 Å². The second-order valence-electron chi connectivity index (χ2n) is 5.18. The SMILES string of the molecule is CN1N=C(C(=O)N2CCCN(CCO)CC2)CCC1=O. The zero-order valence-corrected chi connectivity index (χ0v) is 11.9. The molecule has 1 saturated heterocycles. The average Bonchev–Trinajstić information content (AvgIpc) is 2.67. The van der Waals surface area contributed by atoms with Crippen molar-refractivity contribution in [1.82, 2.24) is 14.8 Å². The van der Waals surface area contributed by atoms with Gasteiger partial charge in [0.2, 0.25) is 5.91 Å². The highest BCUT2D eigenvalue weighted by atomic mass is 16.3. The number of nitrogens with zero attached hydrogens (tertiary/aromatic N) is 4. The van der Waals surface area contributed by atoms with E-state index in [0.29, 0.717) is 38.2 Å². The summed E-state index contributed by atoms with van der Waals surface area (Å²) in [5, 5.41) is 14.3. The number of hydrazone groups is 1. The molecule has 0 saturated carbocycles. The molecule has 0 aromatic carbocycles. The van der Waals surface area contributed by atoms with E-state index in [-0.39, 0.29) is 18.4 Å². The zero-order valence-electron chi connectivity index (χ0n) is 11.9. The van der Waals surface area contributed by atoms with Crippen LogP contribution < -0.4 is 0 Å². The summed E-state index contributed by atoms with van der Waals surface area (Å²) in [6.07, 6.45) is 1.68. The molecule has 112 valence electrons. The quantitative estimate of drug-likeness (QED) is 0.729. The number of amides is 2. The molecule has 2 rings (SSSR count).